The zero-order chi connectivity index (χ0) is 16.1. The molecule has 1 aromatic carbocycles. The van der Waals surface area contributed by atoms with E-state index in [1.165, 1.54) is 10.6 Å². The van der Waals surface area contributed by atoms with Crippen LogP contribution in [0.4, 0.5) is 0 Å². The molecule has 0 aliphatic rings. The van der Waals surface area contributed by atoms with Crippen molar-refractivity contribution in [3.8, 4) is 6.07 Å². The Morgan fingerprint density at radius 2 is 1.91 bits per heavy atom. The number of nitrogens with zero attached hydrogens (tertiary/aromatic N) is 2. The summed E-state index contributed by atoms with van der Waals surface area (Å²) >= 11 is 0. The average molecular weight is 296 g/mol. The minimum Gasteiger partial charge on any atom is -0.462 e. The van der Waals surface area contributed by atoms with Gasteiger partial charge in [0, 0.05) is 5.69 Å². The molecule has 2 aromatic rings. The van der Waals surface area contributed by atoms with Crippen LogP contribution in [0, 0.1) is 18.3 Å². The number of esters is 1. The second-order valence-corrected chi connectivity index (χ2v) is 4.81. The molecule has 22 heavy (non-hydrogen) atoms. The van der Waals surface area contributed by atoms with Gasteiger partial charge in [-0.05, 0) is 43.7 Å². The van der Waals surface area contributed by atoms with E-state index in [0.717, 1.165) is 11.3 Å². The van der Waals surface area contributed by atoms with Gasteiger partial charge in [0.05, 0.1) is 18.7 Å². The van der Waals surface area contributed by atoms with Gasteiger partial charge in [0.15, 0.2) is 0 Å². The Balaban J connectivity index is 2.27. The lowest BCUT2D eigenvalue weighted by Gasteiger charge is -2.10. The first kappa shape index (κ1) is 15.5. The number of carbonyl (C=O) groups is 1. The quantitative estimate of drug-likeness (QED) is 0.811. The zero-order valence-electron chi connectivity index (χ0n) is 12.5. The smallest absolute Gasteiger partial charge is 0.338 e. The number of aromatic nitrogens is 1. The topological polar surface area (TPSA) is 72.1 Å². The molecule has 2 rings (SSSR count). The minimum atomic E-state index is -0.367. The van der Waals surface area contributed by atoms with Gasteiger partial charge in [0.1, 0.15) is 11.6 Å². The van der Waals surface area contributed by atoms with Crippen molar-refractivity contribution in [3.63, 3.8) is 0 Å². The molecule has 0 saturated carbocycles. The van der Waals surface area contributed by atoms with Crippen molar-refractivity contribution >= 4 is 5.97 Å². The van der Waals surface area contributed by atoms with Gasteiger partial charge in [0.2, 0.25) is 0 Å². The van der Waals surface area contributed by atoms with E-state index >= 15 is 0 Å². The molecule has 0 atom stereocenters. The third kappa shape index (κ3) is 3.23. The molecule has 0 saturated heterocycles. The van der Waals surface area contributed by atoms with Crippen LogP contribution < -0.4 is 5.56 Å². The summed E-state index contributed by atoms with van der Waals surface area (Å²) < 4.78 is 6.46. The number of rotatable bonds is 4. The molecule has 0 bridgehead atoms. The molecule has 5 nitrogen and oxygen atoms in total. The van der Waals surface area contributed by atoms with Gasteiger partial charge >= 0.3 is 5.97 Å². The zero-order valence-corrected chi connectivity index (χ0v) is 12.5. The molecule has 1 heterocycles. The third-order valence-corrected chi connectivity index (χ3v) is 3.32. The van der Waals surface area contributed by atoms with Crippen LogP contribution in [0.2, 0.25) is 0 Å². The van der Waals surface area contributed by atoms with Gasteiger partial charge in [0.25, 0.3) is 5.56 Å². The number of ether oxygens (including phenoxy) is 1. The lowest BCUT2D eigenvalue weighted by molar-refractivity contribution is 0.0526. The Bertz CT molecular complexity index is 783. The van der Waals surface area contributed by atoms with E-state index in [2.05, 4.69) is 0 Å². The van der Waals surface area contributed by atoms with Crippen LogP contribution >= 0.6 is 0 Å². The fourth-order valence-electron chi connectivity index (χ4n) is 2.10. The van der Waals surface area contributed by atoms with Crippen LogP contribution in [-0.4, -0.2) is 17.1 Å². The summed E-state index contributed by atoms with van der Waals surface area (Å²) in [6, 6.07) is 12.0. The van der Waals surface area contributed by atoms with E-state index in [1.807, 2.05) is 13.0 Å². The van der Waals surface area contributed by atoms with E-state index in [-0.39, 0.29) is 17.1 Å². The normalized spacial score (nSPS) is 10.0. The van der Waals surface area contributed by atoms with Crippen LogP contribution in [-0.2, 0) is 11.3 Å². The van der Waals surface area contributed by atoms with Crippen molar-refractivity contribution in [1.29, 1.82) is 5.26 Å². The molecular weight excluding hydrogens is 280 g/mol. The highest BCUT2D eigenvalue weighted by Gasteiger charge is 2.08. The Hall–Kier alpha value is -2.87. The highest BCUT2D eigenvalue weighted by Crippen LogP contribution is 2.09. The fraction of sp³-hybridized carbons (Fsp3) is 0.235. The van der Waals surface area contributed by atoms with E-state index in [9.17, 15) is 9.59 Å². The Morgan fingerprint density at radius 1 is 1.23 bits per heavy atom. The maximum atomic E-state index is 12.2. The highest BCUT2D eigenvalue weighted by atomic mass is 16.5. The highest BCUT2D eigenvalue weighted by molar-refractivity contribution is 5.89. The predicted molar refractivity (Wildman–Crippen MR) is 81.7 cm³/mol. The lowest BCUT2D eigenvalue weighted by Crippen LogP contribution is -2.24. The van der Waals surface area contributed by atoms with E-state index in [0.29, 0.717) is 18.7 Å². The molecule has 0 N–H and O–H groups in total. The second kappa shape index (κ2) is 6.72. The Kier molecular flexibility index (Phi) is 4.74. The van der Waals surface area contributed by atoms with Gasteiger partial charge in [-0.3, -0.25) is 4.79 Å². The number of hydrogen-bond donors (Lipinski definition) is 0. The molecule has 0 aliphatic heterocycles. The lowest BCUT2D eigenvalue weighted by atomic mass is 10.1. The summed E-state index contributed by atoms with van der Waals surface area (Å²) in [7, 11) is 0. The Morgan fingerprint density at radius 3 is 2.50 bits per heavy atom. The van der Waals surface area contributed by atoms with Gasteiger partial charge < -0.3 is 9.30 Å². The van der Waals surface area contributed by atoms with Crippen LogP contribution in [0.25, 0.3) is 0 Å². The molecule has 1 aromatic heterocycles. The van der Waals surface area contributed by atoms with Gasteiger partial charge in [-0.2, -0.15) is 5.26 Å². The number of nitriles is 1. The maximum absolute atomic E-state index is 12.2. The molecular formula is C17H16N2O3. The van der Waals surface area contributed by atoms with Gasteiger partial charge in [-0.1, -0.05) is 12.1 Å². The summed E-state index contributed by atoms with van der Waals surface area (Å²) in [5, 5.41) is 8.93. The largest absolute Gasteiger partial charge is 0.462 e. The standard InChI is InChI=1S/C17H16N2O3/c1-3-22-17(21)14-8-5-13(6-9-14)11-19-12(2)4-7-15(10-18)16(19)20/h4-9H,3,11H2,1-2H3. The molecule has 0 unspecified atom stereocenters. The van der Waals surface area contributed by atoms with Crippen molar-refractivity contribution < 1.29 is 9.53 Å². The van der Waals surface area contributed by atoms with Crippen LogP contribution in [0.5, 0.6) is 0 Å². The molecule has 0 aliphatic carbocycles. The number of pyridine rings is 1. The van der Waals surface area contributed by atoms with Crippen molar-refractivity contribution in [2.45, 2.75) is 20.4 Å². The second-order valence-electron chi connectivity index (χ2n) is 4.81. The summed E-state index contributed by atoms with van der Waals surface area (Å²) in [5.41, 5.74) is 1.93. The first-order valence-electron chi connectivity index (χ1n) is 6.93. The Labute approximate surface area is 128 Å². The third-order valence-electron chi connectivity index (χ3n) is 3.32. The predicted octanol–water partition coefficient (Wildman–Crippen LogP) is 2.25. The molecule has 5 heteroatoms. The first-order valence-corrected chi connectivity index (χ1v) is 6.93. The number of aryl methyl sites for hydroxylation is 1. The number of carbonyl (C=O) groups excluding carboxylic acids is 1. The first-order chi connectivity index (χ1) is 10.6. The van der Waals surface area contributed by atoms with Gasteiger partial charge in [-0.15, -0.1) is 0 Å². The number of hydrogen-bond acceptors (Lipinski definition) is 4. The average Bonchev–Trinajstić information content (AvgIpc) is 2.52. The monoisotopic (exact) mass is 296 g/mol. The van der Waals surface area contributed by atoms with Crippen LogP contribution in [0.3, 0.4) is 0 Å². The fourth-order valence-corrected chi connectivity index (χ4v) is 2.10. The summed E-state index contributed by atoms with van der Waals surface area (Å²) in [6.07, 6.45) is 0. The molecule has 0 fully saturated rings. The summed E-state index contributed by atoms with van der Waals surface area (Å²) in [4.78, 5) is 23.7. The van der Waals surface area contributed by atoms with E-state index in [1.54, 1.807) is 37.3 Å². The molecule has 0 amide bonds. The summed E-state index contributed by atoms with van der Waals surface area (Å²) in [5.74, 6) is -0.367. The summed E-state index contributed by atoms with van der Waals surface area (Å²) in [6.45, 7) is 4.25. The minimum absolute atomic E-state index is 0.119. The van der Waals surface area contributed by atoms with Gasteiger partial charge in [-0.25, -0.2) is 4.79 Å². The van der Waals surface area contributed by atoms with E-state index < -0.39 is 0 Å². The van der Waals surface area contributed by atoms with Crippen molar-refractivity contribution in [2.75, 3.05) is 6.61 Å². The van der Waals surface area contributed by atoms with Crippen molar-refractivity contribution in [3.05, 3.63) is 69.1 Å². The number of benzene rings is 1. The molecule has 0 radical (unpaired) electrons. The molecule has 112 valence electrons. The SMILES string of the molecule is CCOC(=O)c1ccc(Cn2c(C)ccc(C#N)c2=O)cc1. The van der Waals surface area contributed by atoms with E-state index in [4.69, 9.17) is 10.00 Å². The maximum Gasteiger partial charge on any atom is 0.338 e. The van der Waals surface area contributed by atoms with Crippen molar-refractivity contribution in [1.82, 2.24) is 4.57 Å². The van der Waals surface area contributed by atoms with Crippen molar-refractivity contribution in [2.24, 2.45) is 0 Å². The van der Waals surface area contributed by atoms with Crippen LogP contribution in [0.15, 0.2) is 41.2 Å². The molecule has 0 spiro atoms. The van der Waals surface area contributed by atoms with Crippen LogP contribution in [0.1, 0.15) is 34.1 Å².